The summed E-state index contributed by atoms with van der Waals surface area (Å²) < 4.78 is 31.2. The van der Waals surface area contributed by atoms with Gasteiger partial charge in [-0.25, -0.2) is 8.42 Å². The van der Waals surface area contributed by atoms with E-state index in [1.54, 1.807) is 31.2 Å². The molecule has 27 heavy (non-hydrogen) atoms. The highest BCUT2D eigenvalue weighted by Crippen LogP contribution is 2.25. The third-order valence-electron chi connectivity index (χ3n) is 4.29. The number of nitrogens with zero attached hydrogens (tertiary/aromatic N) is 1. The zero-order chi connectivity index (χ0) is 20.0. The van der Waals surface area contributed by atoms with E-state index in [-0.39, 0.29) is 5.91 Å². The lowest BCUT2D eigenvalue weighted by atomic mass is 10.1. The molecule has 1 N–H and O–H groups in total. The SMILES string of the molecule is CCc1ccc(NC(=O)[C@@H](CC)N(c2ccc(OC)cc2)S(C)(=O)=O)cc1. The molecule has 6 nitrogen and oxygen atoms in total. The molecule has 2 rings (SSSR count). The van der Waals surface area contributed by atoms with Gasteiger partial charge in [0.2, 0.25) is 15.9 Å². The predicted molar refractivity (Wildman–Crippen MR) is 109 cm³/mol. The molecule has 0 saturated carbocycles. The van der Waals surface area contributed by atoms with E-state index in [9.17, 15) is 13.2 Å². The molecule has 0 aliphatic heterocycles. The average molecular weight is 391 g/mol. The Morgan fingerprint density at radius 2 is 1.67 bits per heavy atom. The van der Waals surface area contributed by atoms with Gasteiger partial charge in [0.1, 0.15) is 11.8 Å². The number of nitrogens with one attached hydrogen (secondary N) is 1. The molecule has 1 amide bonds. The number of methoxy groups -OCH3 is 1. The van der Waals surface area contributed by atoms with Crippen LogP contribution in [0.3, 0.4) is 0 Å². The van der Waals surface area contributed by atoms with E-state index in [0.29, 0.717) is 23.5 Å². The topological polar surface area (TPSA) is 75.7 Å². The summed E-state index contributed by atoms with van der Waals surface area (Å²) in [5.74, 6) is 0.240. The van der Waals surface area contributed by atoms with Crippen LogP contribution < -0.4 is 14.4 Å². The number of sulfonamides is 1. The zero-order valence-corrected chi connectivity index (χ0v) is 16.9. The summed E-state index contributed by atoms with van der Waals surface area (Å²) >= 11 is 0. The lowest BCUT2D eigenvalue weighted by Gasteiger charge is -2.30. The molecule has 2 aromatic carbocycles. The van der Waals surface area contributed by atoms with Crippen molar-refractivity contribution >= 4 is 27.3 Å². The Bertz CT molecular complexity index is 862. The van der Waals surface area contributed by atoms with Gasteiger partial charge in [0.15, 0.2) is 0 Å². The molecule has 0 aromatic heterocycles. The van der Waals surface area contributed by atoms with Crippen LogP contribution in [-0.2, 0) is 21.2 Å². The number of hydrogen-bond donors (Lipinski definition) is 1. The molecule has 0 radical (unpaired) electrons. The van der Waals surface area contributed by atoms with Crippen LogP contribution in [0, 0.1) is 0 Å². The Morgan fingerprint density at radius 3 is 2.11 bits per heavy atom. The molecular formula is C20H26N2O4S. The molecule has 0 aliphatic rings. The van der Waals surface area contributed by atoms with Gasteiger partial charge in [-0.3, -0.25) is 9.10 Å². The third kappa shape index (κ3) is 5.23. The largest absolute Gasteiger partial charge is 0.497 e. The Morgan fingerprint density at radius 1 is 1.07 bits per heavy atom. The van der Waals surface area contributed by atoms with Gasteiger partial charge in [-0.1, -0.05) is 26.0 Å². The number of carbonyl (C=O) groups excluding carboxylic acids is 1. The maximum Gasteiger partial charge on any atom is 0.248 e. The van der Waals surface area contributed by atoms with Crippen molar-refractivity contribution in [3.63, 3.8) is 0 Å². The highest BCUT2D eigenvalue weighted by atomic mass is 32.2. The fourth-order valence-corrected chi connectivity index (χ4v) is 4.05. The molecule has 2 aromatic rings. The van der Waals surface area contributed by atoms with Crippen LogP contribution in [0.2, 0.25) is 0 Å². The first kappa shape index (κ1) is 20.8. The van der Waals surface area contributed by atoms with Gasteiger partial charge in [-0.2, -0.15) is 0 Å². The van der Waals surface area contributed by atoms with E-state index in [2.05, 4.69) is 12.2 Å². The second-order valence-corrected chi connectivity index (χ2v) is 8.08. The summed E-state index contributed by atoms with van der Waals surface area (Å²) in [6, 6.07) is 13.3. The van der Waals surface area contributed by atoms with Crippen LogP contribution in [0.25, 0.3) is 0 Å². The van der Waals surface area contributed by atoms with Gasteiger partial charge in [0.05, 0.1) is 19.1 Å². The summed E-state index contributed by atoms with van der Waals surface area (Å²) in [5, 5.41) is 2.82. The monoisotopic (exact) mass is 390 g/mol. The smallest absolute Gasteiger partial charge is 0.248 e. The average Bonchev–Trinajstić information content (AvgIpc) is 2.65. The van der Waals surface area contributed by atoms with E-state index >= 15 is 0 Å². The van der Waals surface area contributed by atoms with Crippen LogP contribution in [-0.4, -0.2) is 33.7 Å². The molecule has 146 valence electrons. The lowest BCUT2D eigenvalue weighted by molar-refractivity contribution is -0.117. The second-order valence-electron chi connectivity index (χ2n) is 6.22. The van der Waals surface area contributed by atoms with E-state index in [1.165, 1.54) is 7.11 Å². The van der Waals surface area contributed by atoms with Crippen LogP contribution >= 0.6 is 0 Å². The first-order chi connectivity index (χ1) is 12.8. The molecule has 0 fully saturated rings. The van der Waals surface area contributed by atoms with Gasteiger partial charge in [0, 0.05) is 5.69 Å². The van der Waals surface area contributed by atoms with Crippen molar-refractivity contribution in [3.8, 4) is 5.75 Å². The van der Waals surface area contributed by atoms with Gasteiger partial charge in [0.25, 0.3) is 0 Å². The summed E-state index contributed by atoms with van der Waals surface area (Å²) in [6.07, 6.45) is 2.34. The Labute approximate surface area is 161 Å². The fourth-order valence-electron chi connectivity index (χ4n) is 2.84. The highest BCUT2D eigenvalue weighted by Gasteiger charge is 2.31. The van der Waals surface area contributed by atoms with Crippen molar-refractivity contribution in [2.75, 3.05) is 23.0 Å². The molecule has 1 atom stereocenters. The number of benzene rings is 2. The Hall–Kier alpha value is -2.54. The summed E-state index contributed by atoms with van der Waals surface area (Å²) in [5.41, 5.74) is 2.22. The fraction of sp³-hybridized carbons (Fsp3) is 0.350. The molecule has 7 heteroatoms. The molecule has 0 heterocycles. The molecule has 0 unspecified atom stereocenters. The molecule has 0 saturated heterocycles. The maximum atomic E-state index is 12.8. The normalized spacial score (nSPS) is 12.3. The Kier molecular flexibility index (Phi) is 6.85. The van der Waals surface area contributed by atoms with Crippen molar-refractivity contribution in [2.45, 2.75) is 32.7 Å². The van der Waals surface area contributed by atoms with Gasteiger partial charge < -0.3 is 10.1 Å². The number of amides is 1. The number of aryl methyl sites for hydroxylation is 1. The number of ether oxygens (including phenoxy) is 1. The standard InChI is InChI=1S/C20H26N2O4S/c1-5-15-7-9-16(10-8-15)21-20(23)19(6-2)22(27(4,24)25)17-11-13-18(26-3)14-12-17/h7-14,19H,5-6H2,1-4H3,(H,21,23)/t19-/m1/s1. The Balaban J connectivity index is 2.31. The third-order valence-corrected chi connectivity index (χ3v) is 5.47. The number of hydrogen-bond acceptors (Lipinski definition) is 4. The quantitative estimate of drug-likeness (QED) is 0.749. The summed E-state index contributed by atoms with van der Waals surface area (Å²) in [4.78, 5) is 12.8. The summed E-state index contributed by atoms with van der Waals surface area (Å²) in [6.45, 7) is 3.84. The van der Waals surface area contributed by atoms with E-state index in [4.69, 9.17) is 4.74 Å². The minimum atomic E-state index is -3.67. The van der Waals surface area contributed by atoms with E-state index < -0.39 is 16.1 Å². The van der Waals surface area contributed by atoms with Gasteiger partial charge in [-0.05, 0) is 54.8 Å². The van der Waals surface area contributed by atoms with Crippen LogP contribution in [0.4, 0.5) is 11.4 Å². The second kappa shape index (κ2) is 8.90. The number of anilines is 2. The van der Waals surface area contributed by atoms with Crippen molar-refractivity contribution < 1.29 is 17.9 Å². The zero-order valence-electron chi connectivity index (χ0n) is 16.1. The molecule has 0 bridgehead atoms. The van der Waals surface area contributed by atoms with Crippen LogP contribution in [0.1, 0.15) is 25.8 Å². The number of carbonyl (C=O) groups is 1. The minimum absolute atomic E-state index is 0.331. The van der Waals surface area contributed by atoms with Crippen molar-refractivity contribution in [1.82, 2.24) is 0 Å². The molecular weight excluding hydrogens is 364 g/mol. The predicted octanol–water partition coefficient (Wildman–Crippen LogP) is 3.44. The van der Waals surface area contributed by atoms with Crippen molar-refractivity contribution in [1.29, 1.82) is 0 Å². The first-order valence-corrected chi connectivity index (χ1v) is 10.7. The van der Waals surface area contributed by atoms with Crippen LogP contribution in [0.5, 0.6) is 5.75 Å². The van der Waals surface area contributed by atoms with Gasteiger partial charge in [-0.15, -0.1) is 0 Å². The maximum absolute atomic E-state index is 12.8. The number of rotatable bonds is 8. The minimum Gasteiger partial charge on any atom is -0.497 e. The van der Waals surface area contributed by atoms with Crippen molar-refractivity contribution in [3.05, 3.63) is 54.1 Å². The first-order valence-electron chi connectivity index (χ1n) is 8.83. The van der Waals surface area contributed by atoms with Gasteiger partial charge >= 0.3 is 0 Å². The van der Waals surface area contributed by atoms with E-state index in [1.807, 2.05) is 24.3 Å². The highest BCUT2D eigenvalue weighted by molar-refractivity contribution is 7.92. The van der Waals surface area contributed by atoms with Crippen LogP contribution in [0.15, 0.2) is 48.5 Å². The molecule has 0 aliphatic carbocycles. The van der Waals surface area contributed by atoms with E-state index in [0.717, 1.165) is 22.5 Å². The summed E-state index contributed by atoms with van der Waals surface area (Å²) in [7, 11) is -2.13. The molecule has 0 spiro atoms. The van der Waals surface area contributed by atoms with Crippen molar-refractivity contribution in [2.24, 2.45) is 0 Å². The lowest BCUT2D eigenvalue weighted by Crippen LogP contribution is -2.46.